The van der Waals surface area contributed by atoms with Crippen molar-refractivity contribution in [3.05, 3.63) is 54.5 Å². The van der Waals surface area contributed by atoms with Gasteiger partial charge in [-0.3, -0.25) is 4.79 Å². The molecule has 0 bridgehead atoms. The van der Waals surface area contributed by atoms with E-state index in [4.69, 9.17) is 5.14 Å². The SMILES string of the molecule is CN1C(=O)C(C)(C)S(=O)(=O)c2ccc(Nc3nc(Nc4ccc(S(N)(=O)=O)cc4)ncc3F)cc21. The molecule has 14 heteroatoms. The molecule has 0 saturated heterocycles. The number of carbonyl (C=O) groups is 1. The first-order chi connectivity index (χ1) is 16.2. The van der Waals surface area contributed by atoms with E-state index in [0.29, 0.717) is 11.4 Å². The fourth-order valence-corrected chi connectivity index (χ4v) is 5.65. The Balaban J connectivity index is 1.62. The van der Waals surface area contributed by atoms with Crippen LogP contribution >= 0.6 is 0 Å². The number of anilines is 5. The number of nitrogens with two attached hydrogens (primary N) is 1. The first-order valence-electron chi connectivity index (χ1n) is 10.1. The number of rotatable bonds is 5. The number of hydrogen-bond donors (Lipinski definition) is 3. The Morgan fingerprint density at radius 2 is 1.69 bits per heavy atom. The Kier molecular flexibility index (Phi) is 5.78. The van der Waals surface area contributed by atoms with E-state index >= 15 is 0 Å². The van der Waals surface area contributed by atoms with Gasteiger partial charge in [0.05, 0.1) is 21.7 Å². The predicted octanol–water partition coefficient (Wildman–Crippen LogP) is 2.28. The summed E-state index contributed by atoms with van der Waals surface area (Å²) in [5.41, 5.74) is 0.873. The van der Waals surface area contributed by atoms with Gasteiger partial charge in [0, 0.05) is 18.4 Å². The molecule has 0 fully saturated rings. The maximum atomic E-state index is 14.4. The Morgan fingerprint density at radius 3 is 2.31 bits per heavy atom. The van der Waals surface area contributed by atoms with E-state index in [1.165, 1.54) is 68.3 Å². The van der Waals surface area contributed by atoms with Crippen molar-refractivity contribution < 1.29 is 26.0 Å². The molecule has 184 valence electrons. The van der Waals surface area contributed by atoms with Crippen molar-refractivity contribution in [2.75, 3.05) is 22.6 Å². The maximum absolute atomic E-state index is 14.4. The number of amides is 1. The van der Waals surface area contributed by atoms with Crippen LogP contribution < -0.4 is 20.7 Å². The highest BCUT2D eigenvalue weighted by atomic mass is 32.2. The average molecular weight is 521 g/mol. The van der Waals surface area contributed by atoms with Crippen molar-refractivity contribution in [2.45, 2.75) is 28.4 Å². The van der Waals surface area contributed by atoms with E-state index in [1.54, 1.807) is 0 Å². The zero-order valence-corrected chi connectivity index (χ0v) is 20.4. The van der Waals surface area contributed by atoms with E-state index in [-0.39, 0.29) is 27.2 Å². The molecule has 0 spiro atoms. The van der Waals surface area contributed by atoms with Gasteiger partial charge in [0.2, 0.25) is 21.9 Å². The standard InChI is InChI=1S/C21H21FN6O5S2/c1-21(2)19(29)28(3)16-10-13(6-9-17(16)34(21,30)31)25-18-15(22)11-24-20(27-18)26-12-4-7-14(8-5-12)35(23,32)33/h4-11H,1-3H3,(H2,23,32,33)(H2,24,25,26,27). The van der Waals surface area contributed by atoms with Crippen molar-refractivity contribution in [3.8, 4) is 0 Å². The summed E-state index contributed by atoms with van der Waals surface area (Å²) in [6.07, 6.45) is 0.928. The Hall–Kier alpha value is -3.62. The molecule has 0 saturated carbocycles. The predicted molar refractivity (Wildman–Crippen MR) is 127 cm³/mol. The largest absolute Gasteiger partial charge is 0.338 e. The highest BCUT2D eigenvalue weighted by Gasteiger charge is 2.50. The highest BCUT2D eigenvalue weighted by Crippen LogP contribution is 2.41. The van der Waals surface area contributed by atoms with Crippen LogP contribution in [0.5, 0.6) is 0 Å². The van der Waals surface area contributed by atoms with Crippen LogP contribution in [-0.2, 0) is 24.7 Å². The number of sulfone groups is 1. The molecule has 1 amide bonds. The monoisotopic (exact) mass is 520 g/mol. The van der Waals surface area contributed by atoms with Crippen LogP contribution in [0.4, 0.5) is 33.2 Å². The topological polar surface area (TPSA) is 164 Å². The Bertz CT molecular complexity index is 1560. The van der Waals surface area contributed by atoms with Crippen LogP contribution in [0.2, 0.25) is 0 Å². The van der Waals surface area contributed by atoms with E-state index in [1.807, 2.05) is 0 Å². The molecule has 35 heavy (non-hydrogen) atoms. The van der Waals surface area contributed by atoms with Gasteiger partial charge in [-0.05, 0) is 56.3 Å². The lowest BCUT2D eigenvalue weighted by Crippen LogP contribution is -2.52. The molecular formula is C21H21FN6O5S2. The molecule has 1 aliphatic heterocycles. The van der Waals surface area contributed by atoms with Crippen LogP contribution in [0.3, 0.4) is 0 Å². The van der Waals surface area contributed by atoms with Gasteiger partial charge in [-0.1, -0.05) is 0 Å². The van der Waals surface area contributed by atoms with Crippen molar-refractivity contribution in [3.63, 3.8) is 0 Å². The summed E-state index contributed by atoms with van der Waals surface area (Å²) in [7, 11) is -6.31. The number of nitrogens with one attached hydrogen (secondary N) is 2. The number of fused-ring (bicyclic) bond motifs is 1. The normalized spacial score (nSPS) is 16.5. The summed E-state index contributed by atoms with van der Waals surface area (Å²) in [5, 5.41) is 10.7. The third-order valence-corrected chi connectivity index (χ3v) is 8.92. The van der Waals surface area contributed by atoms with Crippen molar-refractivity contribution >= 4 is 54.6 Å². The second-order valence-electron chi connectivity index (χ2n) is 8.27. The van der Waals surface area contributed by atoms with Crippen LogP contribution in [0.15, 0.2) is 58.5 Å². The van der Waals surface area contributed by atoms with Crippen molar-refractivity contribution in [1.82, 2.24) is 9.97 Å². The first-order valence-corrected chi connectivity index (χ1v) is 13.1. The molecule has 1 aromatic heterocycles. The van der Waals surface area contributed by atoms with E-state index in [0.717, 1.165) is 6.20 Å². The van der Waals surface area contributed by atoms with E-state index < -0.39 is 36.3 Å². The quantitative estimate of drug-likeness (QED) is 0.458. The molecule has 0 unspecified atom stereocenters. The first kappa shape index (κ1) is 24.5. The molecule has 2 aromatic carbocycles. The van der Waals surface area contributed by atoms with E-state index in [9.17, 15) is 26.0 Å². The van der Waals surface area contributed by atoms with Gasteiger partial charge in [0.25, 0.3) is 0 Å². The maximum Gasteiger partial charge on any atom is 0.248 e. The van der Waals surface area contributed by atoms with Gasteiger partial charge >= 0.3 is 0 Å². The summed E-state index contributed by atoms with van der Waals surface area (Å²) < 4.78 is 61.4. The number of sulfonamides is 1. The van der Waals surface area contributed by atoms with Crippen LogP contribution in [0, 0.1) is 5.82 Å². The van der Waals surface area contributed by atoms with Crippen LogP contribution in [0.25, 0.3) is 0 Å². The van der Waals surface area contributed by atoms with Gasteiger partial charge in [0.15, 0.2) is 21.5 Å². The molecule has 3 aromatic rings. The average Bonchev–Trinajstić information content (AvgIpc) is 2.79. The number of halogens is 1. The lowest BCUT2D eigenvalue weighted by atomic mass is 10.1. The second-order valence-corrected chi connectivity index (χ2v) is 12.3. The zero-order chi connectivity index (χ0) is 25.8. The lowest BCUT2D eigenvalue weighted by molar-refractivity contribution is -0.120. The van der Waals surface area contributed by atoms with Crippen LogP contribution in [0.1, 0.15) is 13.8 Å². The molecule has 11 nitrogen and oxygen atoms in total. The molecule has 1 aliphatic rings. The Labute approximate surface area is 201 Å². The van der Waals surface area contributed by atoms with Crippen LogP contribution in [-0.4, -0.2) is 44.5 Å². The smallest absolute Gasteiger partial charge is 0.248 e. The third kappa shape index (κ3) is 4.31. The van der Waals surface area contributed by atoms with Crippen molar-refractivity contribution in [2.24, 2.45) is 5.14 Å². The fourth-order valence-electron chi connectivity index (χ4n) is 3.50. The van der Waals surface area contributed by atoms with Gasteiger partial charge in [-0.2, -0.15) is 4.98 Å². The number of benzene rings is 2. The fraction of sp³-hybridized carbons (Fsp3) is 0.190. The summed E-state index contributed by atoms with van der Waals surface area (Å²) in [4.78, 5) is 21.7. The zero-order valence-electron chi connectivity index (χ0n) is 18.8. The van der Waals surface area contributed by atoms with Gasteiger partial charge in [-0.15, -0.1) is 0 Å². The molecule has 2 heterocycles. The van der Waals surface area contributed by atoms with Gasteiger partial charge < -0.3 is 15.5 Å². The Morgan fingerprint density at radius 1 is 1.06 bits per heavy atom. The van der Waals surface area contributed by atoms with Gasteiger partial charge in [-0.25, -0.2) is 31.3 Å². The minimum atomic E-state index is -3.93. The molecule has 4 rings (SSSR count). The minimum absolute atomic E-state index is 0.00633. The molecule has 0 aliphatic carbocycles. The number of aromatic nitrogens is 2. The molecule has 0 radical (unpaired) electrons. The molecule has 0 atom stereocenters. The highest BCUT2D eigenvalue weighted by molar-refractivity contribution is 7.94. The number of carbonyl (C=O) groups excluding carboxylic acids is 1. The van der Waals surface area contributed by atoms with Crippen molar-refractivity contribution in [1.29, 1.82) is 0 Å². The van der Waals surface area contributed by atoms with E-state index in [2.05, 4.69) is 20.6 Å². The second kappa shape index (κ2) is 8.25. The summed E-state index contributed by atoms with van der Waals surface area (Å²) in [6, 6.07) is 9.68. The molecule has 4 N–H and O–H groups in total. The number of hydrogen-bond acceptors (Lipinski definition) is 9. The summed E-state index contributed by atoms with van der Waals surface area (Å²) in [5.74, 6) is -1.57. The number of nitrogens with zero attached hydrogens (tertiary/aromatic N) is 3. The number of primary sulfonamides is 1. The minimum Gasteiger partial charge on any atom is -0.338 e. The third-order valence-electron chi connectivity index (χ3n) is 5.55. The lowest BCUT2D eigenvalue weighted by Gasteiger charge is -2.36. The van der Waals surface area contributed by atoms with Gasteiger partial charge in [0.1, 0.15) is 4.75 Å². The summed E-state index contributed by atoms with van der Waals surface area (Å²) >= 11 is 0. The molecular weight excluding hydrogens is 499 g/mol. The summed E-state index contributed by atoms with van der Waals surface area (Å²) in [6.45, 7) is 2.70.